The van der Waals surface area contributed by atoms with Gasteiger partial charge in [0, 0.05) is 17.0 Å². The third kappa shape index (κ3) is 3.34. The van der Waals surface area contributed by atoms with E-state index in [1.165, 1.54) is 6.92 Å². The molecule has 1 aromatic carbocycles. The van der Waals surface area contributed by atoms with E-state index in [1.807, 2.05) is 18.2 Å². The van der Waals surface area contributed by atoms with E-state index in [4.69, 9.17) is 4.74 Å². The second-order valence-electron chi connectivity index (χ2n) is 4.48. The molecule has 0 aliphatic carbocycles. The lowest BCUT2D eigenvalue weighted by molar-refractivity contribution is -0.131. The van der Waals surface area contributed by atoms with Crippen molar-refractivity contribution >= 4 is 21.9 Å². The first kappa shape index (κ1) is 12.2. The van der Waals surface area contributed by atoms with Crippen molar-refractivity contribution in [3.63, 3.8) is 0 Å². The summed E-state index contributed by atoms with van der Waals surface area (Å²) in [6.07, 6.45) is 0. The number of hydrogen-bond donors (Lipinski definition) is 0. The number of hydrogen-bond acceptors (Lipinski definition) is 2. The average Bonchev–Trinajstić information content (AvgIpc) is 2.05. The lowest BCUT2D eigenvalue weighted by Crippen LogP contribution is -2.15. The zero-order chi connectivity index (χ0) is 11.6. The lowest BCUT2D eigenvalue weighted by atomic mass is 9.86. The molecule has 0 fully saturated rings. The van der Waals surface area contributed by atoms with Crippen LogP contribution >= 0.6 is 15.9 Å². The summed E-state index contributed by atoms with van der Waals surface area (Å²) in [4.78, 5) is 10.9. The van der Waals surface area contributed by atoms with Gasteiger partial charge in [0.05, 0.1) is 0 Å². The van der Waals surface area contributed by atoms with E-state index >= 15 is 0 Å². The number of rotatable bonds is 1. The lowest BCUT2D eigenvalue weighted by Gasteiger charge is -2.22. The van der Waals surface area contributed by atoms with Crippen LogP contribution < -0.4 is 4.74 Å². The summed E-state index contributed by atoms with van der Waals surface area (Å²) in [7, 11) is 0. The summed E-state index contributed by atoms with van der Waals surface area (Å²) in [5.74, 6) is 0.348. The fourth-order valence-corrected chi connectivity index (χ4v) is 1.69. The summed E-state index contributed by atoms with van der Waals surface area (Å²) < 4.78 is 6.16. The maximum Gasteiger partial charge on any atom is 0.308 e. The summed E-state index contributed by atoms with van der Waals surface area (Å²) >= 11 is 3.41. The third-order valence-corrected chi connectivity index (χ3v) is 2.50. The first-order valence-corrected chi connectivity index (χ1v) is 5.58. The molecular weight excluding hydrogens is 256 g/mol. The summed E-state index contributed by atoms with van der Waals surface area (Å²) in [5.41, 5.74) is 0.973. The number of ether oxygens (including phenoxy) is 1. The van der Waals surface area contributed by atoms with E-state index in [1.54, 1.807) is 0 Å². The highest BCUT2D eigenvalue weighted by Gasteiger charge is 2.20. The molecule has 0 aliphatic rings. The molecule has 0 aliphatic heterocycles. The van der Waals surface area contributed by atoms with Crippen LogP contribution in [0.2, 0.25) is 0 Å². The van der Waals surface area contributed by atoms with E-state index in [2.05, 4.69) is 36.7 Å². The minimum absolute atomic E-state index is 0.0471. The van der Waals surface area contributed by atoms with E-state index in [0.717, 1.165) is 10.0 Å². The van der Waals surface area contributed by atoms with Crippen LogP contribution in [0.15, 0.2) is 22.7 Å². The molecule has 0 bridgehead atoms. The summed E-state index contributed by atoms with van der Waals surface area (Å²) in [5, 5.41) is 0. The fraction of sp³-hybridized carbons (Fsp3) is 0.417. The molecule has 3 heteroatoms. The minimum atomic E-state index is -0.289. The van der Waals surface area contributed by atoms with Crippen LogP contribution in [-0.2, 0) is 10.2 Å². The highest BCUT2D eigenvalue weighted by molar-refractivity contribution is 9.10. The van der Waals surface area contributed by atoms with Crippen molar-refractivity contribution in [1.29, 1.82) is 0 Å². The van der Waals surface area contributed by atoms with Gasteiger partial charge >= 0.3 is 5.97 Å². The zero-order valence-electron chi connectivity index (χ0n) is 9.43. The van der Waals surface area contributed by atoms with Gasteiger partial charge in [-0.2, -0.15) is 0 Å². The zero-order valence-corrected chi connectivity index (χ0v) is 11.0. The maximum absolute atomic E-state index is 10.9. The Morgan fingerprint density at radius 1 is 1.33 bits per heavy atom. The van der Waals surface area contributed by atoms with Crippen LogP contribution in [-0.4, -0.2) is 5.97 Å². The molecule has 0 unspecified atom stereocenters. The fourth-order valence-electron chi connectivity index (χ4n) is 1.33. The van der Waals surface area contributed by atoms with Crippen molar-refractivity contribution in [3.8, 4) is 5.75 Å². The van der Waals surface area contributed by atoms with E-state index in [9.17, 15) is 4.79 Å². The van der Waals surface area contributed by atoms with Crippen LogP contribution in [0.25, 0.3) is 0 Å². The van der Waals surface area contributed by atoms with Gasteiger partial charge in [-0.05, 0) is 23.6 Å². The van der Waals surface area contributed by atoms with Crippen LogP contribution in [0.4, 0.5) is 0 Å². The van der Waals surface area contributed by atoms with E-state index in [-0.39, 0.29) is 11.4 Å². The first-order chi connectivity index (χ1) is 6.80. The summed E-state index contributed by atoms with van der Waals surface area (Å²) in [6, 6.07) is 5.66. The molecule has 2 nitrogen and oxygen atoms in total. The number of esters is 1. The molecule has 0 amide bonds. The SMILES string of the molecule is CC(=O)Oc1ccc(Br)cc1C(C)(C)C. The Balaban J connectivity index is 3.20. The number of halogens is 1. The number of carbonyl (C=O) groups is 1. The van der Waals surface area contributed by atoms with Gasteiger partial charge in [0.15, 0.2) is 0 Å². The number of benzene rings is 1. The molecule has 0 N–H and O–H groups in total. The van der Waals surface area contributed by atoms with Crippen LogP contribution in [0.1, 0.15) is 33.3 Å². The van der Waals surface area contributed by atoms with Crippen LogP contribution in [0, 0.1) is 0 Å². The highest BCUT2D eigenvalue weighted by atomic mass is 79.9. The minimum Gasteiger partial charge on any atom is -0.426 e. The predicted octanol–water partition coefficient (Wildman–Crippen LogP) is 3.67. The second kappa shape index (κ2) is 4.35. The number of carbonyl (C=O) groups excluding carboxylic acids is 1. The Morgan fingerprint density at radius 2 is 1.93 bits per heavy atom. The normalized spacial score (nSPS) is 11.3. The van der Waals surface area contributed by atoms with E-state index < -0.39 is 0 Å². The molecule has 0 spiro atoms. The molecule has 0 atom stereocenters. The average molecular weight is 271 g/mol. The molecule has 1 aromatic rings. The molecule has 0 aromatic heterocycles. The van der Waals surface area contributed by atoms with Gasteiger partial charge in [0.1, 0.15) is 5.75 Å². The monoisotopic (exact) mass is 270 g/mol. The molecule has 1 rings (SSSR count). The summed E-state index contributed by atoms with van der Waals surface area (Å²) in [6.45, 7) is 7.67. The Kier molecular flexibility index (Phi) is 3.55. The Hall–Kier alpha value is -0.830. The van der Waals surface area contributed by atoms with Crippen LogP contribution in [0.5, 0.6) is 5.75 Å². The van der Waals surface area contributed by atoms with Crippen LogP contribution in [0.3, 0.4) is 0 Å². The molecule has 15 heavy (non-hydrogen) atoms. The van der Waals surface area contributed by atoms with Crippen molar-refractivity contribution in [3.05, 3.63) is 28.2 Å². The largest absolute Gasteiger partial charge is 0.426 e. The molecule has 0 saturated carbocycles. The smallest absolute Gasteiger partial charge is 0.308 e. The van der Waals surface area contributed by atoms with Crippen molar-refractivity contribution in [1.82, 2.24) is 0 Å². The molecule has 0 heterocycles. The Labute approximate surface area is 98.8 Å². The Morgan fingerprint density at radius 3 is 2.40 bits per heavy atom. The molecule has 0 radical (unpaired) electrons. The predicted molar refractivity (Wildman–Crippen MR) is 64.2 cm³/mol. The van der Waals surface area contributed by atoms with E-state index in [0.29, 0.717) is 5.75 Å². The standard InChI is InChI=1S/C12H15BrO2/c1-8(14)15-11-6-5-9(13)7-10(11)12(2,3)4/h5-7H,1-4H3. The first-order valence-electron chi connectivity index (χ1n) is 4.79. The molecular formula is C12H15BrO2. The van der Waals surface area contributed by atoms with Gasteiger partial charge in [0.2, 0.25) is 0 Å². The second-order valence-corrected chi connectivity index (χ2v) is 5.40. The maximum atomic E-state index is 10.9. The van der Waals surface area contributed by atoms with Gasteiger partial charge in [0.25, 0.3) is 0 Å². The van der Waals surface area contributed by atoms with Crippen molar-refractivity contribution in [2.24, 2.45) is 0 Å². The molecule has 82 valence electrons. The van der Waals surface area contributed by atoms with Gasteiger partial charge in [-0.15, -0.1) is 0 Å². The van der Waals surface area contributed by atoms with Crippen molar-refractivity contribution in [2.75, 3.05) is 0 Å². The van der Waals surface area contributed by atoms with Gasteiger partial charge in [-0.1, -0.05) is 36.7 Å². The molecule has 0 saturated heterocycles. The quantitative estimate of drug-likeness (QED) is 0.575. The van der Waals surface area contributed by atoms with Crippen molar-refractivity contribution < 1.29 is 9.53 Å². The van der Waals surface area contributed by atoms with Gasteiger partial charge in [-0.3, -0.25) is 4.79 Å². The topological polar surface area (TPSA) is 26.3 Å². The van der Waals surface area contributed by atoms with Gasteiger partial charge < -0.3 is 4.74 Å². The highest BCUT2D eigenvalue weighted by Crippen LogP contribution is 2.33. The Bertz CT molecular complexity index is 378. The van der Waals surface area contributed by atoms with Gasteiger partial charge in [-0.25, -0.2) is 0 Å². The third-order valence-electron chi connectivity index (χ3n) is 2.00. The van der Waals surface area contributed by atoms with Crippen molar-refractivity contribution in [2.45, 2.75) is 33.1 Å².